The van der Waals surface area contributed by atoms with E-state index < -0.39 is 5.97 Å². The van der Waals surface area contributed by atoms with Crippen LogP contribution in [0.1, 0.15) is 45.4 Å². The van der Waals surface area contributed by atoms with Gasteiger partial charge in [-0.1, -0.05) is 13.3 Å². The quantitative estimate of drug-likeness (QED) is 0.707. The molecule has 98 valence electrons. The molecular formula is C13H24N2O2. The van der Waals surface area contributed by atoms with E-state index in [2.05, 4.69) is 17.1 Å². The molecule has 2 rings (SSSR count). The van der Waals surface area contributed by atoms with Crippen molar-refractivity contribution < 1.29 is 9.90 Å². The molecule has 1 saturated carbocycles. The molecule has 0 spiro atoms. The molecule has 2 aliphatic rings. The Kier molecular flexibility index (Phi) is 4.40. The van der Waals surface area contributed by atoms with Crippen molar-refractivity contribution in [3.8, 4) is 0 Å². The SMILES string of the molecule is CCCC(C(=O)O)N(CC1CCCN1)C1CC1. The second-order valence-corrected chi connectivity index (χ2v) is 5.36. The van der Waals surface area contributed by atoms with Crippen molar-refractivity contribution in [2.75, 3.05) is 13.1 Å². The number of aliphatic carboxylic acids is 1. The van der Waals surface area contributed by atoms with Crippen molar-refractivity contribution in [3.63, 3.8) is 0 Å². The van der Waals surface area contributed by atoms with Crippen LogP contribution in [-0.2, 0) is 4.79 Å². The third-order valence-corrected chi connectivity index (χ3v) is 3.86. The molecule has 1 heterocycles. The number of carboxylic acids is 1. The lowest BCUT2D eigenvalue weighted by atomic mass is 10.1. The molecule has 1 aliphatic carbocycles. The number of nitrogens with one attached hydrogen (secondary N) is 1. The average molecular weight is 240 g/mol. The minimum Gasteiger partial charge on any atom is -0.480 e. The second kappa shape index (κ2) is 5.83. The van der Waals surface area contributed by atoms with Gasteiger partial charge in [0.25, 0.3) is 0 Å². The largest absolute Gasteiger partial charge is 0.480 e. The van der Waals surface area contributed by atoms with Crippen LogP contribution in [0.5, 0.6) is 0 Å². The summed E-state index contributed by atoms with van der Waals surface area (Å²) < 4.78 is 0. The molecule has 2 N–H and O–H groups in total. The molecule has 0 aromatic heterocycles. The van der Waals surface area contributed by atoms with Crippen LogP contribution in [0.2, 0.25) is 0 Å². The van der Waals surface area contributed by atoms with Crippen LogP contribution in [0.3, 0.4) is 0 Å². The van der Waals surface area contributed by atoms with E-state index in [0.29, 0.717) is 12.1 Å². The fraction of sp³-hybridized carbons (Fsp3) is 0.923. The number of rotatable bonds is 7. The summed E-state index contributed by atoms with van der Waals surface area (Å²) in [5, 5.41) is 12.8. The maximum absolute atomic E-state index is 11.4. The Morgan fingerprint density at radius 3 is 2.71 bits per heavy atom. The zero-order valence-electron chi connectivity index (χ0n) is 10.7. The summed E-state index contributed by atoms with van der Waals surface area (Å²) in [5.74, 6) is -0.642. The van der Waals surface area contributed by atoms with Crippen molar-refractivity contribution in [1.29, 1.82) is 0 Å². The van der Waals surface area contributed by atoms with Crippen LogP contribution in [0.4, 0.5) is 0 Å². The number of nitrogens with zero attached hydrogens (tertiary/aromatic N) is 1. The Labute approximate surface area is 103 Å². The summed E-state index contributed by atoms with van der Waals surface area (Å²) >= 11 is 0. The van der Waals surface area contributed by atoms with Gasteiger partial charge in [0.05, 0.1) is 0 Å². The van der Waals surface area contributed by atoms with Crippen molar-refractivity contribution in [3.05, 3.63) is 0 Å². The van der Waals surface area contributed by atoms with Gasteiger partial charge in [-0.3, -0.25) is 9.69 Å². The highest BCUT2D eigenvalue weighted by molar-refractivity contribution is 5.73. The first kappa shape index (κ1) is 12.8. The molecule has 2 atom stereocenters. The van der Waals surface area contributed by atoms with E-state index in [1.54, 1.807) is 0 Å². The van der Waals surface area contributed by atoms with Crippen molar-refractivity contribution in [1.82, 2.24) is 10.2 Å². The minimum absolute atomic E-state index is 0.269. The molecule has 4 nitrogen and oxygen atoms in total. The normalized spacial score (nSPS) is 26.4. The van der Waals surface area contributed by atoms with E-state index in [4.69, 9.17) is 0 Å². The Bertz CT molecular complexity index is 260. The van der Waals surface area contributed by atoms with Crippen LogP contribution in [-0.4, -0.2) is 47.2 Å². The summed E-state index contributed by atoms with van der Waals surface area (Å²) in [7, 11) is 0. The molecule has 0 amide bonds. The fourth-order valence-corrected chi connectivity index (χ4v) is 2.81. The van der Waals surface area contributed by atoms with Crippen LogP contribution < -0.4 is 5.32 Å². The zero-order chi connectivity index (χ0) is 12.3. The van der Waals surface area contributed by atoms with Gasteiger partial charge in [0.1, 0.15) is 6.04 Å². The van der Waals surface area contributed by atoms with Gasteiger partial charge in [-0.05, 0) is 38.6 Å². The number of carboxylic acid groups (broad SMARTS) is 1. The predicted molar refractivity (Wildman–Crippen MR) is 67.1 cm³/mol. The van der Waals surface area contributed by atoms with Gasteiger partial charge in [-0.2, -0.15) is 0 Å². The maximum atomic E-state index is 11.4. The third-order valence-electron chi connectivity index (χ3n) is 3.86. The van der Waals surface area contributed by atoms with Crippen molar-refractivity contribution >= 4 is 5.97 Å². The van der Waals surface area contributed by atoms with Crippen LogP contribution in [0, 0.1) is 0 Å². The fourth-order valence-electron chi connectivity index (χ4n) is 2.81. The molecule has 0 bridgehead atoms. The van der Waals surface area contributed by atoms with E-state index in [1.165, 1.54) is 25.7 Å². The first-order valence-electron chi connectivity index (χ1n) is 6.94. The van der Waals surface area contributed by atoms with Gasteiger partial charge in [-0.25, -0.2) is 0 Å². The highest BCUT2D eigenvalue weighted by atomic mass is 16.4. The van der Waals surface area contributed by atoms with Crippen LogP contribution >= 0.6 is 0 Å². The smallest absolute Gasteiger partial charge is 0.320 e. The van der Waals surface area contributed by atoms with Gasteiger partial charge in [0.15, 0.2) is 0 Å². The number of hydrogen-bond acceptors (Lipinski definition) is 3. The molecule has 1 aliphatic heterocycles. The minimum atomic E-state index is -0.642. The molecule has 0 aromatic carbocycles. The van der Waals surface area contributed by atoms with Crippen LogP contribution in [0.25, 0.3) is 0 Å². The zero-order valence-corrected chi connectivity index (χ0v) is 10.7. The topological polar surface area (TPSA) is 52.6 Å². The lowest BCUT2D eigenvalue weighted by Gasteiger charge is -2.31. The van der Waals surface area contributed by atoms with Gasteiger partial charge in [-0.15, -0.1) is 0 Å². The molecule has 17 heavy (non-hydrogen) atoms. The highest BCUT2D eigenvalue weighted by Crippen LogP contribution is 2.30. The maximum Gasteiger partial charge on any atom is 0.320 e. The molecule has 2 unspecified atom stereocenters. The summed E-state index contributed by atoms with van der Waals surface area (Å²) in [5.41, 5.74) is 0. The Hall–Kier alpha value is -0.610. The van der Waals surface area contributed by atoms with E-state index in [-0.39, 0.29) is 6.04 Å². The summed E-state index contributed by atoms with van der Waals surface area (Å²) in [6.07, 6.45) is 6.51. The summed E-state index contributed by atoms with van der Waals surface area (Å²) in [4.78, 5) is 13.6. The highest BCUT2D eigenvalue weighted by Gasteiger charge is 2.38. The van der Waals surface area contributed by atoms with E-state index >= 15 is 0 Å². The monoisotopic (exact) mass is 240 g/mol. The van der Waals surface area contributed by atoms with Gasteiger partial charge in [0.2, 0.25) is 0 Å². The Morgan fingerprint density at radius 1 is 1.47 bits per heavy atom. The van der Waals surface area contributed by atoms with E-state index in [1.807, 2.05) is 0 Å². The Morgan fingerprint density at radius 2 is 2.24 bits per heavy atom. The van der Waals surface area contributed by atoms with Gasteiger partial charge >= 0.3 is 5.97 Å². The lowest BCUT2D eigenvalue weighted by molar-refractivity contribution is -0.144. The van der Waals surface area contributed by atoms with Crippen LogP contribution in [0.15, 0.2) is 0 Å². The number of hydrogen-bond donors (Lipinski definition) is 2. The lowest BCUT2D eigenvalue weighted by Crippen LogP contribution is -2.48. The number of carbonyl (C=O) groups is 1. The average Bonchev–Trinajstić information content (AvgIpc) is 3.01. The van der Waals surface area contributed by atoms with Gasteiger partial charge in [0, 0.05) is 18.6 Å². The van der Waals surface area contributed by atoms with E-state index in [0.717, 1.165) is 25.9 Å². The molecule has 4 heteroatoms. The van der Waals surface area contributed by atoms with Crippen molar-refractivity contribution in [2.45, 2.75) is 63.6 Å². The second-order valence-electron chi connectivity index (χ2n) is 5.36. The summed E-state index contributed by atoms with van der Waals surface area (Å²) in [6.45, 7) is 4.07. The Balaban J connectivity index is 1.95. The van der Waals surface area contributed by atoms with Gasteiger partial charge < -0.3 is 10.4 Å². The van der Waals surface area contributed by atoms with Crippen molar-refractivity contribution in [2.24, 2.45) is 0 Å². The molecular weight excluding hydrogens is 216 g/mol. The third kappa shape index (κ3) is 3.42. The first-order valence-corrected chi connectivity index (χ1v) is 6.94. The van der Waals surface area contributed by atoms with E-state index in [9.17, 15) is 9.90 Å². The molecule has 0 aromatic rings. The molecule has 1 saturated heterocycles. The predicted octanol–water partition coefficient (Wildman–Crippen LogP) is 1.46. The molecule has 0 radical (unpaired) electrons. The standard InChI is InChI=1S/C13H24N2O2/c1-2-4-12(13(16)17)15(11-6-7-11)9-10-5-3-8-14-10/h10-12,14H,2-9H2,1H3,(H,16,17). The summed E-state index contributed by atoms with van der Waals surface area (Å²) in [6, 6.07) is 0.772. The first-order chi connectivity index (χ1) is 8.22. The molecule has 2 fully saturated rings.